The number of amides is 1. The summed E-state index contributed by atoms with van der Waals surface area (Å²) < 4.78 is 2.00. The van der Waals surface area contributed by atoms with Gasteiger partial charge in [0.2, 0.25) is 0 Å². The maximum absolute atomic E-state index is 10.7. The van der Waals surface area contributed by atoms with E-state index in [1.54, 1.807) is 0 Å². The molecule has 2 N–H and O–H groups in total. The largest absolute Gasteiger partial charge is 0.465 e. The van der Waals surface area contributed by atoms with E-state index in [9.17, 15) is 4.79 Å². The minimum Gasteiger partial charge on any atom is -0.465 e. The van der Waals surface area contributed by atoms with Gasteiger partial charge in [-0.1, -0.05) is 17.7 Å². The number of aromatic nitrogens is 1. The first-order valence-electron chi connectivity index (χ1n) is 6.53. The first kappa shape index (κ1) is 14.7. The fraction of sp³-hybridized carbons (Fsp3) is 0.400. The van der Waals surface area contributed by atoms with E-state index in [2.05, 4.69) is 17.4 Å². The minimum atomic E-state index is -0.989. The van der Waals surface area contributed by atoms with Crippen LogP contribution in [0.25, 0.3) is 10.9 Å². The maximum atomic E-state index is 10.7. The van der Waals surface area contributed by atoms with Gasteiger partial charge < -0.3 is 15.0 Å². The van der Waals surface area contributed by atoms with Crippen LogP contribution in [0.5, 0.6) is 0 Å². The van der Waals surface area contributed by atoms with Crippen LogP contribution in [0.1, 0.15) is 25.8 Å². The van der Waals surface area contributed by atoms with Gasteiger partial charge in [0.25, 0.3) is 0 Å². The van der Waals surface area contributed by atoms with Crippen molar-refractivity contribution in [1.29, 1.82) is 0 Å². The van der Waals surface area contributed by atoms with Gasteiger partial charge in [-0.15, -0.1) is 0 Å². The van der Waals surface area contributed by atoms with Gasteiger partial charge in [0.05, 0.1) is 5.02 Å². The Kier molecular flexibility index (Phi) is 3.95. The second kappa shape index (κ2) is 5.37. The van der Waals surface area contributed by atoms with E-state index in [4.69, 9.17) is 16.7 Å². The molecule has 0 unspecified atom stereocenters. The number of nitrogens with one attached hydrogen (secondary N) is 1. The van der Waals surface area contributed by atoms with Crippen molar-refractivity contribution in [2.45, 2.75) is 32.2 Å². The molecule has 20 heavy (non-hydrogen) atoms. The summed E-state index contributed by atoms with van der Waals surface area (Å²) in [6.45, 7) is 3.77. The Labute approximate surface area is 123 Å². The van der Waals surface area contributed by atoms with Crippen LogP contribution in [0.2, 0.25) is 5.02 Å². The van der Waals surface area contributed by atoms with Gasteiger partial charge in [0.1, 0.15) is 0 Å². The van der Waals surface area contributed by atoms with Crippen molar-refractivity contribution in [2.24, 2.45) is 7.05 Å². The monoisotopic (exact) mass is 294 g/mol. The first-order valence-corrected chi connectivity index (χ1v) is 6.91. The fourth-order valence-electron chi connectivity index (χ4n) is 2.36. The summed E-state index contributed by atoms with van der Waals surface area (Å²) >= 11 is 6.20. The number of carboxylic acid groups (broad SMARTS) is 1. The lowest BCUT2D eigenvalue weighted by Crippen LogP contribution is -2.42. The lowest BCUT2D eigenvalue weighted by molar-refractivity contribution is 0.180. The number of nitrogens with zero attached hydrogens (tertiary/aromatic N) is 1. The van der Waals surface area contributed by atoms with Gasteiger partial charge in [-0.2, -0.15) is 0 Å². The Balaban J connectivity index is 2.14. The maximum Gasteiger partial charge on any atom is 0.405 e. The Morgan fingerprint density at radius 3 is 2.80 bits per heavy atom. The van der Waals surface area contributed by atoms with E-state index < -0.39 is 11.6 Å². The standard InChI is InChI=1S/C15H19ClN2O2/c1-15(2,17-14(19)20)7-6-10-4-5-13-11(8-10)12(16)9-18(13)3/h4-5,8-9,17H,6-7H2,1-3H3,(H,19,20). The molecule has 108 valence electrons. The molecule has 1 heterocycles. The lowest BCUT2D eigenvalue weighted by Gasteiger charge is -2.24. The van der Waals surface area contributed by atoms with Crippen LogP contribution in [0.15, 0.2) is 24.4 Å². The third-order valence-corrected chi connectivity index (χ3v) is 3.79. The summed E-state index contributed by atoms with van der Waals surface area (Å²) in [7, 11) is 1.97. The highest BCUT2D eigenvalue weighted by Crippen LogP contribution is 2.27. The smallest absolute Gasteiger partial charge is 0.405 e. The molecule has 5 heteroatoms. The van der Waals surface area contributed by atoms with Gasteiger partial charge in [0.15, 0.2) is 0 Å². The zero-order valence-electron chi connectivity index (χ0n) is 11.9. The molecule has 0 aliphatic carbocycles. The molecule has 0 fully saturated rings. The Morgan fingerprint density at radius 1 is 1.45 bits per heavy atom. The van der Waals surface area contributed by atoms with Crippen molar-refractivity contribution in [2.75, 3.05) is 0 Å². The van der Waals surface area contributed by atoms with E-state index in [0.29, 0.717) is 0 Å². The van der Waals surface area contributed by atoms with Crippen molar-refractivity contribution < 1.29 is 9.90 Å². The predicted molar refractivity (Wildman–Crippen MR) is 81.5 cm³/mol. The highest BCUT2D eigenvalue weighted by Gasteiger charge is 2.19. The van der Waals surface area contributed by atoms with Crippen molar-refractivity contribution in [1.82, 2.24) is 9.88 Å². The number of aryl methyl sites for hydroxylation is 2. The lowest BCUT2D eigenvalue weighted by atomic mass is 9.95. The Hall–Kier alpha value is -1.68. The summed E-state index contributed by atoms with van der Waals surface area (Å²) in [5.41, 5.74) is 1.81. The molecule has 0 aliphatic rings. The highest BCUT2D eigenvalue weighted by atomic mass is 35.5. The first-order chi connectivity index (χ1) is 9.28. The molecule has 0 saturated carbocycles. The number of fused-ring (bicyclic) bond motifs is 1. The molecule has 0 spiro atoms. The minimum absolute atomic E-state index is 0.443. The molecular formula is C15H19ClN2O2. The van der Waals surface area contributed by atoms with E-state index in [1.807, 2.05) is 37.7 Å². The molecule has 0 radical (unpaired) electrons. The average Bonchev–Trinajstić information content (AvgIpc) is 2.61. The summed E-state index contributed by atoms with van der Waals surface area (Å²) in [6.07, 6.45) is 2.44. The number of halogens is 1. The van der Waals surface area contributed by atoms with Gasteiger partial charge in [-0.05, 0) is 44.4 Å². The fourth-order valence-corrected chi connectivity index (χ4v) is 2.65. The van der Waals surface area contributed by atoms with Gasteiger partial charge in [0, 0.05) is 29.7 Å². The molecule has 0 aliphatic heterocycles. The molecule has 1 aromatic heterocycles. The van der Waals surface area contributed by atoms with Crippen LogP contribution in [0, 0.1) is 0 Å². The molecule has 0 bridgehead atoms. The zero-order valence-corrected chi connectivity index (χ0v) is 12.7. The molecule has 1 amide bonds. The number of carbonyl (C=O) groups is 1. The Morgan fingerprint density at radius 2 is 2.15 bits per heavy atom. The molecular weight excluding hydrogens is 276 g/mol. The van der Waals surface area contributed by atoms with Crippen LogP contribution in [0.4, 0.5) is 4.79 Å². The second-order valence-electron chi connectivity index (χ2n) is 5.75. The third-order valence-electron chi connectivity index (χ3n) is 3.49. The third kappa shape index (κ3) is 3.25. The number of hydrogen-bond donors (Lipinski definition) is 2. The molecule has 1 aromatic carbocycles. The van der Waals surface area contributed by atoms with Crippen LogP contribution < -0.4 is 5.32 Å². The number of hydrogen-bond acceptors (Lipinski definition) is 1. The number of benzene rings is 1. The summed E-state index contributed by atoms with van der Waals surface area (Å²) in [5.74, 6) is 0. The van der Waals surface area contributed by atoms with Crippen LogP contribution in [0.3, 0.4) is 0 Å². The van der Waals surface area contributed by atoms with Crippen LogP contribution in [-0.2, 0) is 13.5 Å². The zero-order chi connectivity index (χ0) is 14.9. The molecule has 0 saturated heterocycles. The molecule has 0 atom stereocenters. The highest BCUT2D eigenvalue weighted by molar-refractivity contribution is 6.35. The van der Waals surface area contributed by atoms with Gasteiger partial charge in [-0.3, -0.25) is 0 Å². The molecule has 2 aromatic rings. The van der Waals surface area contributed by atoms with Crippen molar-refractivity contribution in [3.8, 4) is 0 Å². The van der Waals surface area contributed by atoms with Crippen LogP contribution >= 0.6 is 11.6 Å². The van der Waals surface area contributed by atoms with Crippen molar-refractivity contribution in [3.63, 3.8) is 0 Å². The van der Waals surface area contributed by atoms with Gasteiger partial charge in [-0.25, -0.2) is 4.79 Å². The van der Waals surface area contributed by atoms with Crippen molar-refractivity contribution >= 4 is 28.6 Å². The van der Waals surface area contributed by atoms with Crippen molar-refractivity contribution in [3.05, 3.63) is 35.0 Å². The van der Waals surface area contributed by atoms with Crippen LogP contribution in [-0.4, -0.2) is 21.3 Å². The quantitative estimate of drug-likeness (QED) is 0.901. The number of rotatable bonds is 4. The van der Waals surface area contributed by atoms with E-state index in [1.165, 1.54) is 0 Å². The van der Waals surface area contributed by atoms with Gasteiger partial charge >= 0.3 is 6.09 Å². The summed E-state index contributed by atoms with van der Waals surface area (Å²) in [6, 6.07) is 6.19. The predicted octanol–water partition coefficient (Wildman–Crippen LogP) is 3.81. The summed E-state index contributed by atoms with van der Waals surface area (Å²) in [4.78, 5) is 10.7. The SMILES string of the molecule is Cn1cc(Cl)c2cc(CCC(C)(C)NC(=O)O)ccc21. The topological polar surface area (TPSA) is 54.3 Å². The van der Waals surface area contributed by atoms with E-state index in [0.717, 1.165) is 34.3 Å². The average molecular weight is 295 g/mol. The normalized spacial score (nSPS) is 11.8. The Bertz CT molecular complexity index is 647. The van der Waals surface area contributed by atoms with E-state index in [-0.39, 0.29) is 0 Å². The summed E-state index contributed by atoms with van der Waals surface area (Å²) in [5, 5.41) is 13.1. The second-order valence-corrected chi connectivity index (χ2v) is 6.16. The molecule has 2 rings (SSSR count). The molecule has 4 nitrogen and oxygen atoms in total. The van der Waals surface area contributed by atoms with E-state index >= 15 is 0 Å².